The van der Waals surface area contributed by atoms with Gasteiger partial charge >= 0.3 is 0 Å². The Balaban J connectivity index is 1.58. The highest BCUT2D eigenvalue weighted by Gasteiger charge is 2.28. The number of halogens is 3. The number of thiophene rings is 1. The van der Waals surface area contributed by atoms with Crippen molar-refractivity contribution >= 4 is 27.5 Å². The van der Waals surface area contributed by atoms with Crippen molar-refractivity contribution in [2.24, 2.45) is 0 Å². The highest BCUT2D eigenvalue weighted by Crippen LogP contribution is 2.41. The average molecular weight is 483 g/mol. The number of benzene rings is 2. The molecule has 1 aliphatic rings. The second-order valence-electron chi connectivity index (χ2n) is 8.54. The number of hydrogen-bond acceptors (Lipinski definition) is 4. The number of rotatable bonds is 4. The summed E-state index contributed by atoms with van der Waals surface area (Å²) in [5, 5.41) is 3.03. The van der Waals surface area contributed by atoms with E-state index in [0.717, 1.165) is 11.6 Å². The van der Waals surface area contributed by atoms with Gasteiger partial charge in [0.05, 0.1) is 27.7 Å². The number of fused-ring (bicyclic) bond motifs is 2. The second-order valence-corrected chi connectivity index (χ2v) is 9.56. The topological polar surface area (TPSA) is 51.2 Å². The maximum atomic E-state index is 13.9. The summed E-state index contributed by atoms with van der Waals surface area (Å²) < 4.78 is 48.0. The summed E-state index contributed by atoms with van der Waals surface area (Å²) in [6.07, 6.45) is 2.09. The SMILES string of the molecule is CC(C)c1c(C(=O)N[C@H]2CCOc3ccc(F)cc32)sc2c(-c3cc(F)cc(F)c3)ccnc12. The van der Waals surface area contributed by atoms with Crippen molar-refractivity contribution in [3.8, 4) is 16.9 Å². The molecule has 0 saturated carbocycles. The van der Waals surface area contributed by atoms with E-state index in [2.05, 4.69) is 10.3 Å². The van der Waals surface area contributed by atoms with Gasteiger partial charge in [0.2, 0.25) is 0 Å². The molecule has 0 bridgehead atoms. The first-order chi connectivity index (χ1) is 16.3. The summed E-state index contributed by atoms with van der Waals surface area (Å²) >= 11 is 1.24. The van der Waals surface area contributed by atoms with Crippen LogP contribution in [0.15, 0.2) is 48.7 Å². The minimum absolute atomic E-state index is 0.0269. The number of ether oxygens (including phenoxy) is 1. The Morgan fingerprint density at radius 1 is 1.09 bits per heavy atom. The van der Waals surface area contributed by atoms with Gasteiger partial charge in [0.25, 0.3) is 5.91 Å². The molecule has 174 valence electrons. The molecule has 5 rings (SSSR count). The van der Waals surface area contributed by atoms with E-state index in [-0.39, 0.29) is 11.8 Å². The summed E-state index contributed by atoms with van der Waals surface area (Å²) in [6.45, 7) is 4.34. The molecule has 1 amide bonds. The van der Waals surface area contributed by atoms with Crippen LogP contribution in [0.5, 0.6) is 5.75 Å². The quantitative estimate of drug-likeness (QED) is 0.350. The lowest BCUT2D eigenvalue weighted by atomic mass is 9.98. The lowest BCUT2D eigenvalue weighted by Crippen LogP contribution is -2.32. The molecule has 3 heterocycles. The predicted octanol–water partition coefficient (Wildman–Crippen LogP) is 6.76. The number of nitrogens with one attached hydrogen (secondary N) is 1. The average Bonchev–Trinajstić information content (AvgIpc) is 3.19. The van der Waals surface area contributed by atoms with Crippen molar-refractivity contribution in [1.29, 1.82) is 0 Å². The van der Waals surface area contributed by atoms with Gasteiger partial charge in [-0.15, -0.1) is 11.3 Å². The van der Waals surface area contributed by atoms with E-state index in [4.69, 9.17) is 4.74 Å². The van der Waals surface area contributed by atoms with Crippen LogP contribution in [-0.4, -0.2) is 17.5 Å². The Bertz CT molecular complexity index is 1400. The van der Waals surface area contributed by atoms with Crippen LogP contribution in [0.1, 0.15) is 53.0 Å². The number of aromatic nitrogens is 1. The first-order valence-electron chi connectivity index (χ1n) is 10.9. The molecule has 8 heteroatoms. The lowest BCUT2D eigenvalue weighted by Gasteiger charge is -2.26. The fourth-order valence-corrected chi connectivity index (χ4v) is 5.74. The standard InChI is InChI=1S/C26H21F3N2O2S/c1-13(2)22-23-24(18(5-7-30-23)14-9-16(28)11-17(29)10-14)34-25(22)26(32)31-20-6-8-33-21-4-3-15(27)12-19(20)21/h3-5,7,9-13,20H,6,8H2,1-2H3,(H,31,32)/t20-/m0/s1. The number of nitrogens with zero attached hydrogens (tertiary/aromatic N) is 1. The van der Waals surface area contributed by atoms with E-state index in [9.17, 15) is 18.0 Å². The predicted molar refractivity (Wildman–Crippen MR) is 126 cm³/mol. The van der Waals surface area contributed by atoms with Crippen LogP contribution in [0.25, 0.3) is 21.3 Å². The first-order valence-corrected chi connectivity index (χ1v) is 11.7. The summed E-state index contributed by atoms with van der Waals surface area (Å²) in [4.78, 5) is 18.5. The van der Waals surface area contributed by atoms with E-state index in [1.807, 2.05) is 13.8 Å². The minimum Gasteiger partial charge on any atom is -0.493 e. The van der Waals surface area contributed by atoms with Crippen LogP contribution in [0.3, 0.4) is 0 Å². The van der Waals surface area contributed by atoms with Crippen LogP contribution in [-0.2, 0) is 0 Å². The molecule has 2 aromatic heterocycles. The third-order valence-electron chi connectivity index (χ3n) is 5.88. The van der Waals surface area contributed by atoms with E-state index >= 15 is 0 Å². The van der Waals surface area contributed by atoms with Crippen LogP contribution >= 0.6 is 11.3 Å². The number of carbonyl (C=O) groups is 1. The molecule has 0 radical (unpaired) electrons. The Labute approximate surface area is 198 Å². The van der Waals surface area contributed by atoms with Crippen LogP contribution in [0.4, 0.5) is 13.2 Å². The van der Waals surface area contributed by atoms with Crippen molar-refractivity contribution < 1.29 is 22.7 Å². The van der Waals surface area contributed by atoms with Crippen LogP contribution in [0, 0.1) is 17.5 Å². The fourth-order valence-electron chi connectivity index (χ4n) is 4.39. The molecule has 1 N–H and O–H groups in total. The molecule has 0 spiro atoms. The van der Waals surface area contributed by atoms with Gasteiger partial charge in [0, 0.05) is 35.4 Å². The molecule has 2 aromatic carbocycles. The summed E-state index contributed by atoms with van der Waals surface area (Å²) in [5.74, 6) is -1.53. The second kappa shape index (κ2) is 8.76. The molecule has 0 aliphatic carbocycles. The fraction of sp³-hybridized carbons (Fsp3) is 0.231. The van der Waals surface area contributed by atoms with Gasteiger partial charge in [0.1, 0.15) is 23.2 Å². The first kappa shape index (κ1) is 22.4. The van der Waals surface area contributed by atoms with E-state index < -0.39 is 23.5 Å². The molecule has 0 fully saturated rings. The Morgan fingerprint density at radius 2 is 1.85 bits per heavy atom. The maximum absolute atomic E-state index is 13.9. The summed E-state index contributed by atoms with van der Waals surface area (Å²) in [5.41, 5.74) is 2.98. The zero-order chi connectivity index (χ0) is 24.0. The van der Waals surface area contributed by atoms with Gasteiger partial charge in [-0.3, -0.25) is 9.78 Å². The molecule has 4 aromatic rings. The van der Waals surface area contributed by atoms with Crippen molar-refractivity contribution in [3.63, 3.8) is 0 Å². The van der Waals surface area contributed by atoms with Gasteiger partial charge in [-0.25, -0.2) is 13.2 Å². The van der Waals surface area contributed by atoms with Crippen molar-refractivity contribution in [1.82, 2.24) is 10.3 Å². The molecular weight excluding hydrogens is 461 g/mol. The van der Waals surface area contributed by atoms with Gasteiger partial charge in [-0.1, -0.05) is 13.8 Å². The molecule has 4 nitrogen and oxygen atoms in total. The van der Waals surface area contributed by atoms with E-state index in [1.54, 1.807) is 18.3 Å². The summed E-state index contributed by atoms with van der Waals surface area (Å²) in [6, 6.07) is 8.91. The molecule has 0 unspecified atom stereocenters. The third-order valence-corrected chi connectivity index (χ3v) is 7.11. The van der Waals surface area contributed by atoms with E-state index in [1.165, 1.54) is 35.6 Å². The number of carbonyl (C=O) groups excluding carboxylic acids is 1. The Morgan fingerprint density at radius 3 is 2.59 bits per heavy atom. The molecule has 1 aliphatic heterocycles. The zero-order valence-corrected chi connectivity index (χ0v) is 19.3. The lowest BCUT2D eigenvalue weighted by molar-refractivity contribution is 0.0927. The van der Waals surface area contributed by atoms with Crippen molar-refractivity contribution in [2.75, 3.05) is 6.61 Å². The van der Waals surface area contributed by atoms with E-state index in [0.29, 0.717) is 50.6 Å². The Kier molecular flexibility index (Phi) is 5.77. The molecule has 34 heavy (non-hydrogen) atoms. The van der Waals surface area contributed by atoms with Crippen LogP contribution < -0.4 is 10.1 Å². The van der Waals surface area contributed by atoms with Gasteiger partial charge in [-0.2, -0.15) is 0 Å². The van der Waals surface area contributed by atoms with Gasteiger partial charge < -0.3 is 10.1 Å². The third kappa shape index (κ3) is 4.03. The highest BCUT2D eigenvalue weighted by atomic mass is 32.1. The van der Waals surface area contributed by atoms with Crippen molar-refractivity contribution in [2.45, 2.75) is 32.2 Å². The molecule has 0 saturated heterocycles. The maximum Gasteiger partial charge on any atom is 0.262 e. The van der Waals surface area contributed by atoms with Gasteiger partial charge in [-0.05, 0) is 47.9 Å². The number of pyridine rings is 1. The monoisotopic (exact) mass is 482 g/mol. The van der Waals surface area contributed by atoms with Crippen molar-refractivity contribution in [3.05, 3.63) is 82.1 Å². The molecule has 1 atom stereocenters. The smallest absolute Gasteiger partial charge is 0.262 e. The zero-order valence-electron chi connectivity index (χ0n) is 18.5. The highest BCUT2D eigenvalue weighted by molar-refractivity contribution is 7.21. The number of hydrogen-bond donors (Lipinski definition) is 1. The molecular formula is C26H21F3N2O2S. The largest absolute Gasteiger partial charge is 0.493 e. The van der Waals surface area contributed by atoms with Crippen LogP contribution in [0.2, 0.25) is 0 Å². The Hall–Kier alpha value is -3.39. The van der Waals surface area contributed by atoms with Gasteiger partial charge in [0.15, 0.2) is 0 Å². The summed E-state index contributed by atoms with van der Waals surface area (Å²) in [7, 11) is 0. The minimum atomic E-state index is -0.677. The normalized spacial score (nSPS) is 15.3. The number of amides is 1.